The Balaban J connectivity index is 1.55. The average molecular weight is 689 g/mol. The molecule has 4 atom stereocenters. The minimum Gasteiger partial charge on any atom is -0.465 e. The van der Waals surface area contributed by atoms with E-state index in [9.17, 15) is 36.0 Å². The van der Waals surface area contributed by atoms with Crippen LogP contribution in [0.5, 0.6) is 5.75 Å². The molecule has 0 bridgehead atoms. The molecule has 0 spiro atoms. The SMILES string of the molecule is CC(C)N(C)[C@@H]1CC[C@H](N2CC[C@H](NC(=O)c3cc(OC(F)(F)F)ccc3NC(=O)O)C2=O)[C@@H](CS(=O)(=O)c2ccc(Cl)cc2)C1. The molecule has 2 fully saturated rings. The number of sulfone groups is 1. The second-order valence-corrected chi connectivity index (χ2v) is 14.3. The maximum atomic E-state index is 13.7. The first kappa shape index (κ1) is 35.3. The summed E-state index contributed by atoms with van der Waals surface area (Å²) in [4.78, 5) is 42.0. The number of nitrogens with zero attached hydrogens (tertiary/aromatic N) is 2. The number of carbonyl (C=O) groups is 3. The van der Waals surface area contributed by atoms with Gasteiger partial charge in [0.05, 0.1) is 21.9 Å². The number of benzene rings is 2. The van der Waals surface area contributed by atoms with Crippen LogP contribution in [0.1, 0.15) is 49.9 Å². The molecule has 1 aliphatic carbocycles. The first-order valence-electron chi connectivity index (χ1n) is 14.7. The molecule has 4 rings (SSSR count). The highest BCUT2D eigenvalue weighted by Gasteiger charge is 2.44. The molecule has 1 saturated carbocycles. The van der Waals surface area contributed by atoms with Crippen molar-refractivity contribution in [3.8, 4) is 5.75 Å². The van der Waals surface area contributed by atoms with Crippen LogP contribution in [0.4, 0.5) is 23.7 Å². The zero-order chi connectivity index (χ0) is 34.0. The number of carbonyl (C=O) groups excluding carboxylic acids is 2. The second-order valence-electron chi connectivity index (χ2n) is 11.8. The first-order chi connectivity index (χ1) is 21.4. The number of ether oxygens (including phenoxy) is 1. The summed E-state index contributed by atoms with van der Waals surface area (Å²) >= 11 is 5.96. The summed E-state index contributed by atoms with van der Waals surface area (Å²) in [5.41, 5.74) is -0.776. The van der Waals surface area contributed by atoms with Crippen LogP contribution in [-0.4, -0.2) is 91.1 Å². The number of alkyl halides is 3. The van der Waals surface area contributed by atoms with Crippen LogP contribution in [0.3, 0.4) is 0 Å². The molecule has 0 aromatic heterocycles. The molecule has 1 aliphatic heterocycles. The van der Waals surface area contributed by atoms with E-state index in [1.165, 1.54) is 24.3 Å². The van der Waals surface area contributed by atoms with Crippen molar-refractivity contribution >= 4 is 45.0 Å². The summed E-state index contributed by atoms with van der Waals surface area (Å²) < 4.78 is 69.3. The van der Waals surface area contributed by atoms with Crippen molar-refractivity contribution in [3.05, 3.63) is 53.1 Å². The Morgan fingerprint density at radius 1 is 1.13 bits per heavy atom. The summed E-state index contributed by atoms with van der Waals surface area (Å²) in [6.45, 7) is 4.31. The molecule has 252 valence electrons. The van der Waals surface area contributed by atoms with Gasteiger partial charge in [0.25, 0.3) is 5.91 Å². The minimum absolute atomic E-state index is 0.0845. The van der Waals surface area contributed by atoms with Crippen molar-refractivity contribution in [2.75, 3.05) is 24.7 Å². The maximum Gasteiger partial charge on any atom is 0.573 e. The molecular weight excluding hydrogens is 653 g/mol. The molecule has 2 aromatic carbocycles. The Morgan fingerprint density at radius 2 is 1.80 bits per heavy atom. The molecule has 16 heteroatoms. The standard InChI is InChI=1S/C30H36ClF3N4O7S/c1-17(2)37(3)20-6-11-26(18(14-20)16-46(43,44)22-8-4-19(31)5-9-22)38-13-12-25(28(38)40)35-27(39)23-15-21(45-30(32,33)34)7-10-24(23)36-29(41)42/h4-5,7-10,15,17-18,20,25-26,36H,6,11-14,16H2,1-3H3,(H,35,39)(H,41,42)/t18-,20-,25+,26+/m1/s1. The van der Waals surface area contributed by atoms with Crippen molar-refractivity contribution < 1.29 is 45.8 Å². The Kier molecular flexibility index (Phi) is 10.8. The fourth-order valence-electron chi connectivity index (χ4n) is 6.16. The van der Waals surface area contributed by atoms with E-state index >= 15 is 0 Å². The van der Waals surface area contributed by atoms with Crippen molar-refractivity contribution in [2.45, 2.75) is 75.0 Å². The maximum absolute atomic E-state index is 13.7. The van der Waals surface area contributed by atoms with Gasteiger partial charge in [-0.2, -0.15) is 0 Å². The van der Waals surface area contributed by atoms with Crippen LogP contribution >= 0.6 is 11.6 Å². The third kappa shape index (κ3) is 8.62. The molecule has 11 nitrogen and oxygen atoms in total. The summed E-state index contributed by atoms with van der Waals surface area (Å²) in [5.74, 6) is -2.83. The monoisotopic (exact) mass is 688 g/mol. The Labute approximate surface area is 269 Å². The molecule has 46 heavy (non-hydrogen) atoms. The van der Waals surface area contributed by atoms with Crippen molar-refractivity contribution in [1.29, 1.82) is 0 Å². The van der Waals surface area contributed by atoms with E-state index in [0.717, 1.165) is 18.2 Å². The van der Waals surface area contributed by atoms with E-state index in [2.05, 4.69) is 15.0 Å². The van der Waals surface area contributed by atoms with Gasteiger partial charge in [0.1, 0.15) is 11.8 Å². The molecule has 0 unspecified atom stereocenters. The van der Waals surface area contributed by atoms with Gasteiger partial charge in [-0.15, -0.1) is 13.2 Å². The summed E-state index contributed by atoms with van der Waals surface area (Å²) in [5, 5.41) is 14.0. The van der Waals surface area contributed by atoms with E-state index in [4.69, 9.17) is 16.7 Å². The predicted octanol–water partition coefficient (Wildman–Crippen LogP) is 5.01. The topological polar surface area (TPSA) is 145 Å². The van der Waals surface area contributed by atoms with E-state index < -0.39 is 63.4 Å². The Morgan fingerprint density at radius 3 is 2.41 bits per heavy atom. The normalized spacial score (nSPS) is 22.3. The van der Waals surface area contributed by atoms with Gasteiger partial charge in [-0.1, -0.05) is 11.6 Å². The molecule has 3 N–H and O–H groups in total. The molecule has 0 radical (unpaired) electrons. The van der Waals surface area contributed by atoms with Gasteiger partial charge in [-0.25, -0.2) is 13.2 Å². The fraction of sp³-hybridized carbons (Fsp3) is 0.500. The Hall–Kier alpha value is -3.56. The summed E-state index contributed by atoms with van der Waals surface area (Å²) in [6, 6.07) is 7.21. The molecular formula is C30H36ClF3N4O7S. The van der Waals surface area contributed by atoms with E-state index in [0.29, 0.717) is 24.3 Å². The van der Waals surface area contributed by atoms with Crippen LogP contribution in [0.2, 0.25) is 5.02 Å². The first-order valence-corrected chi connectivity index (χ1v) is 16.7. The lowest BCUT2D eigenvalue weighted by molar-refractivity contribution is -0.274. The number of halogens is 4. The van der Waals surface area contributed by atoms with Crippen LogP contribution in [-0.2, 0) is 14.6 Å². The highest BCUT2D eigenvalue weighted by atomic mass is 35.5. The van der Waals surface area contributed by atoms with E-state index in [1.807, 2.05) is 26.2 Å². The van der Waals surface area contributed by atoms with E-state index in [-0.39, 0.29) is 41.4 Å². The summed E-state index contributed by atoms with van der Waals surface area (Å²) in [6.07, 6.45) is -4.69. The fourth-order valence-corrected chi connectivity index (χ4v) is 7.95. The number of rotatable bonds is 10. The van der Waals surface area contributed by atoms with Crippen molar-refractivity contribution in [3.63, 3.8) is 0 Å². The van der Waals surface area contributed by atoms with Crippen molar-refractivity contribution in [1.82, 2.24) is 15.1 Å². The predicted molar refractivity (Wildman–Crippen MR) is 164 cm³/mol. The van der Waals surface area contributed by atoms with Gasteiger partial charge >= 0.3 is 12.5 Å². The van der Waals surface area contributed by atoms with Crippen molar-refractivity contribution in [2.24, 2.45) is 5.92 Å². The minimum atomic E-state index is -5.06. The van der Waals surface area contributed by atoms with Gasteiger partial charge < -0.3 is 25.0 Å². The smallest absolute Gasteiger partial charge is 0.465 e. The number of likely N-dealkylation sites (tertiary alicyclic amines) is 1. The molecule has 3 amide bonds. The quantitative estimate of drug-likeness (QED) is 0.316. The number of hydrogen-bond acceptors (Lipinski definition) is 7. The average Bonchev–Trinajstić information content (AvgIpc) is 3.31. The highest BCUT2D eigenvalue weighted by molar-refractivity contribution is 7.91. The third-order valence-corrected chi connectivity index (χ3v) is 10.7. The lowest BCUT2D eigenvalue weighted by atomic mass is 9.81. The van der Waals surface area contributed by atoms with Gasteiger partial charge in [0.2, 0.25) is 5.91 Å². The van der Waals surface area contributed by atoms with Gasteiger partial charge in [0, 0.05) is 29.7 Å². The van der Waals surface area contributed by atoms with Crippen LogP contribution in [0.25, 0.3) is 0 Å². The number of anilines is 1. The number of hydrogen-bond donors (Lipinski definition) is 3. The van der Waals surface area contributed by atoms with Gasteiger partial charge in [0.15, 0.2) is 9.84 Å². The largest absolute Gasteiger partial charge is 0.573 e. The zero-order valence-corrected chi connectivity index (χ0v) is 27.0. The third-order valence-electron chi connectivity index (χ3n) is 8.57. The lowest BCUT2D eigenvalue weighted by Gasteiger charge is -2.44. The number of nitrogens with one attached hydrogen (secondary N) is 2. The second kappa shape index (κ2) is 14.1. The van der Waals surface area contributed by atoms with Crippen LogP contribution in [0, 0.1) is 5.92 Å². The van der Waals surface area contributed by atoms with E-state index in [1.54, 1.807) is 4.90 Å². The lowest BCUT2D eigenvalue weighted by Crippen LogP contribution is -2.53. The van der Waals surface area contributed by atoms with Crippen LogP contribution in [0.15, 0.2) is 47.4 Å². The molecule has 1 heterocycles. The summed E-state index contributed by atoms with van der Waals surface area (Å²) in [7, 11) is -1.78. The molecule has 2 aromatic rings. The molecule has 2 aliphatic rings. The number of amides is 3. The Bertz CT molecular complexity index is 1560. The zero-order valence-electron chi connectivity index (χ0n) is 25.4. The number of carboxylic acid groups (broad SMARTS) is 1. The highest BCUT2D eigenvalue weighted by Crippen LogP contribution is 2.36. The van der Waals surface area contributed by atoms with Gasteiger partial charge in [-0.3, -0.25) is 14.9 Å². The van der Waals surface area contributed by atoms with Crippen LogP contribution < -0.4 is 15.4 Å². The molecule has 1 saturated heterocycles. The van der Waals surface area contributed by atoms with Gasteiger partial charge in [-0.05, 0) is 95.0 Å².